The first-order valence-electron chi connectivity index (χ1n) is 11.0. The second-order valence-corrected chi connectivity index (χ2v) is 8.15. The molecule has 3 atom stereocenters. The summed E-state index contributed by atoms with van der Waals surface area (Å²) in [4.78, 5) is 26.1. The summed E-state index contributed by atoms with van der Waals surface area (Å²) in [5, 5.41) is 12.9. The van der Waals surface area contributed by atoms with Gasteiger partial charge in [-0.3, -0.25) is 9.59 Å². The third-order valence-corrected chi connectivity index (χ3v) is 6.14. The van der Waals surface area contributed by atoms with Gasteiger partial charge in [-0.1, -0.05) is 12.1 Å². The van der Waals surface area contributed by atoms with E-state index in [9.17, 15) is 14.7 Å². The monoisotopic (exact) mass is 427 g/mol. The fraction of sp³-hybridized carbons (Fsp3) is 0.500. The van der Waals surface area contributed by atoms with Crippen LogP contribution in [0.15, 0.2) is 51.6 Å². The van der Waals surface area contributed by atoms with E-state index in [4.69, 9.17) is 13.9 Å². The minimum Gasteiger partial charge on any atom is -0.464 e. The van der Waals surface area contributed by atoms with Gasteiger partial charge in [0.2, 0.25) is 6.29 Å². The molecular formula is C24H29NO6. The Morgan fingerprint density at radius 3 is 2.81 bits per heavy atom. The number of amides is 1. The van der Waals surface area contributed by atoms with Crippen LogP contribution in [0.2, 0.25) is 0 Å². The lowest BCUT2D eigenvalue weighted by Gasteiger charge is -2.37. The van der Waals surface area contributed by atoms with Crippen molar-refractivity contribution in [3.63, 3.8) is 0 Å². The third-order valence-electron chi connectivity index (χ3n) is 6.14. The first kappa shape index (κ1) is 21.6. The molecule has 1 aromatic carbocycles. The maximum Gasteiger partial charge on any atom is 0.286 e. The first-order chi connectivity index (χ1) is 15.1. The summed E-state index contributed by atoms with van der Waals surface area (Å²) in [6.07, 6.45) is 6.64. The highest BCUT2D eigenvalue weighted by molar-refractivity contribution is 5.92. The van der Waals surface area contributed by atoms with E-state index in [-0.39, 0.29) is 35.7 Å². The Hall–Kier alpha value is -2.64. The van der Waals surface area contributed by atoms with Crippen molar-refractivity contribution in [3.05, 3.63) is 58.2 Å². The summed E-state index contributed by atoms with van der Waals surface area (Å²) >= 11 is 0. The summed E-state index contributed by atoms with van der Waals surface area (Å²) in [6.45, 7) is 2.28. The number of hydrogen-bond donors (Lipinski definition) is 2. The van der Waals surface area contributed by atoms with Gasteiger partial charge in [0, 0.05) is 36.7 Å². The van der Waals surface area contributed by atoms with Crippen LogP contribution in [0.5, 0.6) is 0 Å². The van der Waals surface area contributed by atoms with Crippen LogP contribution in [0.1, 0.15) is 50.5 Å². The zero-order valence-electron chi connectivity index (χ0n) is 17.7. The molecular weight excluding hydrogens is 398 g/mol. The lowest BCUT2D eigenvalue weighted by Crippen LogP contribution is -2.44. The molecule has 0 unspecified atom stereocenters. The van der Waals surface area contributed by atoms with Gasteiger partial charge in [-0.15, -0.1) is 0 Å². The quantitative estimate of drug-likeness (QED) is 0.671. The molecule has 1 amide bonds. The maximum absolute atomic E-state index is 13.3. The van der Waals surface area contributed by atoms with Gasteiger partial charge in [0.05, 0.1) is 11.6 Å². The van der Waals surface area contributed by atoms with Gasteiger partial charge in [-0.05, 0) is 57.2 Å². The van der Waals surface area contributed by atoms with Gasteiger partial charge in [-0.25, -0.2) is 0 Å². The number of hydrogen-bond acceptors (Lipinski definition) is 6. The number of rotatable bonds is 8. The predicted octanol–water partition coefficient (Wildman–Crippen LogP) is 3.21. The van der Waals surface area contributed by atoms with Crippen molar-refractivity contribution in [2.45, 2.75) is 57.3 Å². The van der Waals surface area contributed by atoms with Crippen molar-refractivity contribution in [3.8, 4) is 0 Å². The average Bonchev–Trinajstić information content (AvgIpc) is 2.75. The molecule has 1 aromatic heterocycles. The van der Waals surface area contributed by atoms with Gasteiger partial charge in [0.1, 0.15) is 5.58 Å². The van der Waals surface area contributed by atoms with E-state index in [0.29, 0.717) is 36.0 Å². The molecule has 0 saturated heterocycles. The molecule has 0 bridgehead atoms. The van der Waals surface area contributed by atoms with Crippen molar-refractivity contribution in [1.82, 2.24) is 5.32 Å². The number of carbonyl (C=O) groups is 1. The van der Waals surface area contributed by atoms with Gasteiger partial charge >= 0.3 is 0 Å². The number of nitrogens with one attached hydrogen (secondary N) is 1. The molecule has 7 heteroatoms. The van der Waals surface area contributed by atoms with E-state index in [1.807, 2.05) is 13.0 Å². The Morgan fingerprint density at radius 1 is 1.29 bits per heavy atom. The normalized spacial score (nSPS) is 23.7. The summed E-state index contributed by atoms with van der Waals surface area (Å²) in [7, 11) is 0. The lowest BCUT2D eigenvalue weighted by molar-refractivity contribution is -0.167. The number of aliphatic hydroxyl groups is 1. The van der Waals surface area contributed by atoms with E-state index in [1.165, 1.54) is 6.26 Å². The summed E-state index contributed by atoms with van der Waals surface area (Å²) in [5.74, 6) is -0.787. The molecule has 2 heterocycles. The Bertz CT molecular complexity index is 1010. The van der Waals surface area contributed by atoms with E-state index in [1.54, 1.807) is 24.3 Å². The maximum atomic E-state index is 13.3. The predicted molar refractivity (Wildman–Crippen MR) is 115 cm³/mol. The van der Waals surface area contributed by atoms with Crippen molar-refractivity contribution < 1.29 is 23.8 Å². The van der Waals surface area contributed by atoms with Gasteiger partial charge in [0.15, 0.2) is 11.2 Å². The average molecular weight is 427 g/mol. The Labute approximate surface area is 181 Å². The molecule has 0 spiro atoms. The SMILES string of the molecule is CCO[C@@H]1OC(C(=O)NC2CCC2)=C[C@H](c2coc3ccccc3c2=O)[C@@H]1CCCO. The van der Waals surface area contributed by atoms with Crippen molar-refractivity contribution >= 4 is 16.9 Å². The van der Waals surface area contributed by atoms with Crippen LogP contribution >= 0.6 is 0 Å². The zero-order chi connectivity index (χ0) is 21.8. The third kappa shape index (κ3) is 4.52. The van der Waals surface area contributed by atoms with Crippen molar-refractivity contribution in [2.75, 3.05) is 13.2 Å². The Kier molecular flexibility index (Phi) is 6.73. The van der Waals surface area contributed by atoms with E-state index < -0.39 is 12.2 Å². The number of carbonyl (C=O) groups excluding carboxylic acids is 1. The second-order valence-electron chi connectivity index (χ2n) is 8.15. The molecule has 1 aliphatic heterocycles. The van der Waals surface area contributed by atoms with Crippen LogP contribution in [0.25, 0.3) is 11.0 Å². The zero-order valence-corrected chi connectivity index (χ0v) is 17.7. The van der Waals surface area contributed by atoms with Gasteiger partial charge in [-0.2, -0.15) is 0 Å². The highest BCUT2D eigenvalue weighted by Crippen LogP contribution is 2.39. The standard InChI is InChI=1S/C24H29NO6/c1-2-29-24-16(10-6-12-26)18(13-21(31-24)23(28)25-15-7-5-8-15)19-14-30-20-11-4-3-9-17(20)22(19)27/h3-4,9,11,13-16,18,24,26H,2,5-8,10,12H2,1H3,(H,25,28)/t16-,18-,24+/m0/s1. The highest BCUT2D eigenvalue weighted by atomic mass is 16.7. The number of fused-ring (bicyclic) bond motifs is 1. The first-order valence-corrected chi connectivity index (χ1v) is 11.0. The topological polar surface area (TPSA) is 98.0 Å². The minimum absolute atomic E-state index is 0.0210. The van der Waals surface area contributed by atoms with Crippen LogP contribution in [-0.4, -0.2) is 36.6 Å². The molecule has 2 aromatic rings. The van der Waals surface area contributed by atoms with Gasteiger partial charge in [0.25, 0.3) is 5.91 Å². The molecule has 2 aliphatic rings. The highest BCUT2D eigenvalue weighted by Gasteiger charge is 2.39. The van der Waals surface area contributed by atoms with E-state index in [2.05, 4.69) is 5.32 Å². The number of aliphatic hydroxyl groups excluding tert-OH is 1. The molecule has 1 saturated carbocycles. The molecule has 4 rings (SSSR count). The number of allylic oxidation sites excluding steroid dienone is 1. The molecule has 1 aliphatic carbocycles. The van der Waals surface area contributed by atoms with Gasteiger partial charge < -0.3 is 24.3 Å². The number of benzene rings is 1. The lowest BCUT2D eigenvalue weighted by atomic mass is 9.80. The number of ether oxygens (including phenoxy) is 2. The molecule has 0 radical (unpaired) electrons. The van der Waals surface area contributed by atoms with Crippen molar-refractivity contribution in [2.24, 2.45) is 5.92 Å². The van der Waals surface area contributed by atoms with Crippen molar-refractivity contribution in [1.29, 1.82) is 0 Å². The molecule has 1 fully saturated rings. The number of para-hydroxylation sites is 1. The molecule has 166 valence electrons. The Morgan fingerprint density at radius 2 is 2.10 bits per heavy atom. The second kappa shape index (κ2) is 9.66. The molecule has 7 nitrogen and oxygen atoms in total. The summed E-state index contributed by atoms with van der Waals surface area (Å²) < 4.78 is 17.6. The summed E-state index contributed by atoms with van der Waals surface area (Å²) in [6, 6.07) is 7.27. The fourth-order valence-electron chi connectivity index (χ4n) is 4.25. The minimum atomic E-state index is -0.695. The van der Waals surface area contributed by atoms with Crippen LogP contribution in [0, 0.1) is 5.92 Å². The van der Waals surface area contributed by atoms with Crippen LogP contribution < -0.4 is 10.7 Å². The molecule has 2 N–H and O–H groups in total. The fourth-order valence-corrected chi connectivity index (χ4v) is 4.25. The molecule has 31 heavy (non-hydrogen) atoms. The van der Waals surface area contributed by atoms with E-state index >= 15 is 0 Å². The Balaban J connectivity index is 1.75. The smallest absolute Gasteiger partial charge is 0.286 e. The van der Waals surface area contributed by atoms with Crippen LogP contribution in [-0.2, 0) is 14.3 Å². The summed E-state index contributed by atoms with van der Waals surface area (Å²) in [5.41, 5.74) is 0.847. The van der Waals surface area contributed by atoms with E-state index in [0.717, 1.165) is 19.3 Å². The van der Waals surface area contributed by atoms with Crippen LogP contribution in [0.4, 0.5) is 0 Å². The van der Waals surface area contributed by atoms with Crippen LogP contribution in [0.3, 0.4) is 0 Å². The largest absolute Gasteiger partial charge is 0.464 e.